The van der Waals surface area contributed by atoms with E-state index in [9.17, 15) is 0 Å². The molecule has 2 aromatic carbocycles. The number of allylic oxidation sites excluding steroid dienone is 2. The minimum absolute atomic E-state index is 0.292. The van der Waals surface area contributed by atoms with E-state index in [4.69, 9.17) is 22.6 Å². The van der Waals surface area contributed by atoms with Gasteiger partial charge >= 0.3 is 0 Å². The van der Waals surface area contributed by atoms with Crippen molar-refractivity contribution in [1.29, 1.82) is 5.41 Å². The number of nitrogens with two attached hydrogens (primary N) is 3. The molecule has 0 fully saturated rings. The molecule has 0 saturated heterocycles. The van der Waals surface area contributed by atoms with E-state index in [0.29, 0.717) is 34.2 Å². The lowest BCUT2D eigenvalue weighted by atomic mass is 10.0. The van der Waals surface area contributed by atoms with E-state index >= 15 is 0 Å². The highest BCUT2D eigenvalue weighted by Crippen LogP contribution is 2.20. The summed E-state index contributed by atoms with van der Waals surface area (Å²) in [5.74, 6) is 0. The fourth-order valence-electron chi connectivity index (χ4n) is 2.22. The summed E-state index contributed by atoms with van der Waals surface area (Å²) in [5.41, 5.74) is 22.2. The smallest absolute Gasteiger partial charge is 0.0888 e. The van der Waals surface area contributed by atoms with Crippen LogP contribution >= 0.6 is 0 Å². The van der Waals surface area contributed by atoms with Crippen molar-refractivity contribution in [1.82, 2.24) is 0 Å². The van der Waals surface area contributed by atoms with Crippen molar-refractivity contribution in [3.05, 3.63) is 72.1 Å². The van der Waals surface area contributed by atoms with Gasteiger partial charge < -0.3 is 22.5 Å². The average molecular weight is 318 g/mol. The van der Waals surface area contributed by atoms with Crippen LogP contribution < -0.4 is 22.5 Å². The molecule has 6 heteroatoms. The zero-order valence-corrected chi connectivity index (χ0v) is 13.0. The Kier molecular flexibility index (Phi) is 4.03. The first kappa shape index (κ1) is 15.4. The Morgan fingerprint density at radius 3 is 2.00 bits per heavy atom. The van der Waals surface area contributed by atoms with E-state index in [1.165, 1.54) is 0 Å². The molecule has 0 aliphatic heterocycles. The molecule has 1 aliphatic carbocycles. The zero-order chi connectivity index (χ0) is 17.1. The summed E-state index contributed by atoms with van der Waals surface area (Å²) in [6, 6.07) is 14.5. The number of hydrogen-bond acceptors (Lipinski definition) is 6. The first-order valence-electron chi connectivity index (χ1n) is 7.36. The van der Waals surface area contributed by atoms with Crippen molar-refractivity contribution in [2.24, 2.45) is 10.7 Å². The second-order valence-electron chi connectivity index (χ2n) is 5.41. The van der Waals surface area contributed by atoms with Crippen molar-refractivity contribution in [3.63, 3.8) is 0 Å². The van der Waals surface area contributed by atoms with Crippen LogP contribution in [0.25, 0.3) is 0 Å². The number of hydrogen-bond donors (Lipinski definition) is 5. The SMILES string of the molecule is N=C1C=C(N)/C(=N\c2ccc(N)cc2)C=C1Nc1ccc(N)cc1. The van der Waals surface area contributed by atoms with Crippen molar-refractivity contribution in [2.75, 3.05) is 16.8 Å². The molecule has 0 unspecified atom stereocenters. The molecule has 24 heavy (non-hydrogen) atoms. The van der Waals surface area contributed by atoms with Crippen LogP contribution in [0.2, 0.25) is 0 Å². The molecule has 0 atom stereocenters. The van der Waals surface area contributed by atoms with E-state index in [0.717, 1.165) is 11.4 Å². The van der Waals surface area contributed by atoms with E-state index < -0.39 is 0 Å². The third-order valence-corrected chi connectivity index (χ3v) is 3.50. The summed E-state index contributed by atoms with van der Waals surface area (Å²) in [4.78, 5) is 4.52. The Hall–Kier alpha value is -3.54. The lowest BCUT2D eigenvalue weighted by Gasteiger charge is -2.16. The molecular weight excluding hydrogens is 300 g/mol. The Balaban J connectivity index is 1.90. The third-order valence-electron chi connectivity index (χ3n) is 3.50. The van der Waals surface area contributed by atoms with Gasteiger partial charge in [-0.2, -0.15) is 0 Å². The molecule has 3 rings (SSSR count). The van der Waals surface area contributed by atoms with Gasteiger partial charge in [0.25, 0.3) is 0 Å². The molecule has 120 valence electrons. The van der Waals surface area contributed by atoms with E-state index in [1.807, 2.05) is 24.3 Å². The maximum absolute atomic E-state index is 8.08. The van der Waals surface area contributed by atoms with Crippen molar-refractivity contribution < 1.29 is 0 Å². The Morgan fingerprint density at radius 1 is 0.792 bits per heavy atom. The standard InChI is InChI=1S/C18H18N6/c19-11-1-5-13(6-2-11)23-17-10-18(16(22)9-15(17)21)24-14-7-3-12(20)4-8-14/h1-10,21,23H,19-20,22H2/b21-15?,24-18-. The van der Waals surface area contributed by atoms with Crippen LogP contribution in [0.5, 0.6) is 0 Å². The predicted octanol–water partition coefficient (Wildman–Crippen LogP) is 2.80. The normalized spacial score (nSPS) is 15.8. The summed E-state index contributed by atoms with van der Waals surface area (Å²) >= 11 is 0. The number of nitrogens with one attached hydrogen (secondary N) is 2. The Morgan fingerprint density at radius 2 is 1.38 bits per heavy atom. The summed E-state index contributed by atoms with van der Waals surface area (Å²) < 4.78 is 0. The number of anilines is 3. The molecule has 0 bridgehead atoms. The largest absolute Gasteiger partial charge is 0.399 e. The average Bonchev–Trinajstić information content (AvgIpc) is 2.56. The summed E-state index contributed by atoms with van der Waals surface area (Å²) in [5, 5.41) is 11.3. The van der Waals surface area contributed by atoms with Gasteiger partial charge in [-0.15, -0.1) is 0 Å². The molecule has 6 nitrogen and oxygen atoms in total. The molecule has 8 N–H and O–H groups in total. The molecule has 0 aromatic heterocycles. The van der Waals surface area contributed by atoms with Gasteiger partial charge in [0.15, 0.2) is 0 Å². The quantitative estimate of drug-likeness (QED) is 0.440. The Labute approximate surface area is 139 Å². The third kappa shape index (κ3) is 3.44. The number of rotatable bonds is 3. The molecule has 0 radical (unpaired) electrons. The molecular formula is C18H18N6. The van der Waals surface area contributed by atoms with Gasteiger partial charge in [0, 0.05) is 17.1 Å². The molecule has 0 amide bonds. The molecule has 0 saturated carbocycles. The number of nitrogen functional groups attached to an aromatic ring is 2. The van der Waals surface area contributed by atoms with Crippen LogP contribution in [-0.4, -0.2) is 11.4 Å². The maximum atomic E-state index is 8.08. The topological polar surface area (TPSA) is 126 Å². The summed E-state index contributed by atoms with van der Waals surface area (Å²) in [6.45, 7) is 0. The van der Waals surface area contributed by atoms with Gasteiger partial charge in [-0.25, -0.2) is 4.99 Å². The lowest BCUT2D eigenvalue weighted by Crippen LogP contribution is -2.21. The van der Waals surface area contributed by atoms with Gasteiger partial charge in [-0.3, -0.25) is 5.41 Å². The lowest BCUT2D eigenvalue weighted by molar-refractivity contribution is 1.37. The summed E-state index contributed by atoms with van der Waals surface area (Å²) in [6.07, 6.45) is 3.33. The van der Waals surface area contributed by atoms with Gasteiger partial charge in [-0.1, -0.05) is 0 Å². The molecule has 0 heterocycles. The van der Waals surface area contributed by atoms with Crippen LogP contribution in [-0.2, 0) is 0 Å². The molecule has 2 aromatic rings. The minimum Gasteiger partial charge on any atom is -0.399 e. The van der Waals surface area contributed by atoms with Crippen molar-refractivity contribution in [2.45, 2.75) is 0 Å². The fourth-order valence-corrected chi connectivity index (χ4v) is 2.22. The van der Waals surface area contributed by atoms with Crippen LogP contribution in [0.1, 0.15) is 0 Å². The predicted molar refractivity (Wildman–Crippen MR) is 101 cm³/mol. The Bertz CT molecular complexity index is 857. The fraction of sp³-hybridized carbons (Fsp3) is 0. The molecule has 0 spiro atoms. The second-order valence-corrected chi connectivity index (χ2v) is 5.41. The van der Waals surface area contributed by atoms with Gasteiger partial charge in [0.1, 0.15) is 0 Å². The number of nitrogens with zero attached hydrogens (tertiary/aromatic N) is 1. The highest BCUT2D eigenvalue weighted by Gasteiger charge is 2.14. The van der Waals surface area contributed by atoms with Crippen LogP contribution in [0, 0.1) is 5.41 Å². The van der Waals surface area contributed by atoms with Crippen LogP contribution in [0.15, 0.2) is 77.1 Å². The highest BCUT2D eigenvalue weighted by atomic mass is 14.9. The number of aliphatic imine (C=N–C) groups is 1. The van der Waals surface area contributed by atoms with Crippen molar-refractivity contribution >= 4 is 34.2 Å². The molecule has 1 aliphatic rings. The first-order chi connectivity index (χ1) is 11.5. The minimum atomic E-state index is 0.292. The number of benzene rings is 2. The van der Waals surface area contributed by atoms with E-state index in [2.05, 4.69) is 10.3 Å². The van der Waals surface area contributed by atoms with Gasteiger partial charge in [0.05, 0.1) is 28.5 Å². The zero-order valence-electron chi connectivity index (χ0n) is 13.0. The van der Waals surface area contributed by atoms with Gasteiger partial charge in [0.2, 0.25) is 0 Å². The van der Waals surface area contributed by atoms with Crippen molar-refractivity contribution in [3.8, 4) is 0 Å². The van der Waals surface area contributed by atoms with Gasteiger partial charge in [-0.05, 0) is 60.7 Å². The maximum Gasteiger partial charge on any atom is 0.0888 e. The second kappa shape index (κ2) is 6.29. The van der Waals surface area contributed by atoms with E-state index in [1.54, 1.807) is 36.4 Å². The first-order valence-corrected chi connectivity index (χ1v) is 7.36. The monoisotopic (exact) mass is 318 g/mol. The van der Waals surface area contributed by atoms with Crippen LogP contribution in [0.3, 0.4) is 0 Å². The highest BCUT2D eigenvalue weighted by molar-refractivity contribution is 6.23. The van der Waals surface area contributed by atoms with Crippen LogP contribution in [0.4, 0.5) is 22.7 Å². The summed E-state index contributed by atoms with van der Waals surface area (Å²) in [7, 11) is 0. The van der Waals surface area contributed by atoms with E-state index in [-0.39, 0.29) is 0 Å².